The van der Waals surface area contributed by atoms with Gasteiger partial charge < -0.3 is 9.64 Å². The third kappa shape index (κ3) is 4.06. The maximum Gasteiger partial charge on any atom is 0.243 e. The van der Waals surface area contributed by atoms with Crippen LogP contribution in [0.15, 0.2) is 47.4 Å². The van der Waals surface area contributed by atoms with Gasteiger partial charge >= 0.3 is 0 Å². The zero-order valence-corrected chi connectivity index (χ0v) is 18.5. The minimum absolute atomic E-state index is 0.0390. The highest BCUT2D eigenvalue weighted by atomic mass is 35.5. The van der Waals surface area contributed by atoms with E-state index < -0.39 is 10.0 Å². The van der Waals surface area contributed by atoms with Crippen molar-refractivity contribution in [2.45, 2.75) is 30.7 Å². The normalized spacial score (nSPS) is 19.9. The lowest BCUT2D eigenvalue weighted by Crippen LogP contribution is -2.47. The van der Waals surface area contributed by atoms with Crippen LogP contribution < -0.4 is 4.74 Å². The van der Waals surface area contributed by atoms with Crippen molar-refractivity contribution < 1.29 is 17.9 Å². The van der Waals surface area contributed by atoms with Crippen LogP contribution in [0.1, 0.15) is 24.0 Å². The summed E-state index contributed by atoms with van der Waals surface area (Å²) in [5.41, 5.74) is 2.45. The van der Waals surface area contributed by atoms with Crippen LogP contribution >= 0.6 is 11.6 Å². The van der Waals surface area contributed by atoms with Gasteiger partial charge in [-0.1, -0.05) is 35.9 Å². The second-order valence-corrected chi connectivity index (χ2v) is 10.1. The molecule has 1 saturated heterocycles. The van der Waals surface area contributed by atoms with Crippen LogP contribution in [0.25, 0.3) is 0 Å². The van der Waals surface area contributed by atoms with Gasteiger partial charge in [0.25, 0.3) is 0 Å². The van der Waals surface area contributed by atoms with Crippen molar-refractivity contribution in [2.75, 3.05) is 26.7 Å². The van der Waals surface area contributed by atoms with Crippen molar-refractivity contribution in [3.63, 3.8) is 0 Å². The van der Waals surface area contributed by atoms with Gasteiger partial charge in [-0.05, 0) is 48.6 Å². The highest BCUT2D eigenvalue weighted by molar-refractivity contribution is 7.89. The molecule has 0 saturated carbocycles. The molecule has 0 aromatic heterocycles. The van der Waals surface area contributed by atoms with Gasteiger partial charge in [-0.2, -0.15) is 4.31 Å². The van der Waals surface area contributed by atoms with E-state index in [1.165, 1.54) is 34.7 Å². The molecule has 160 valence electrons. The van der Waals surface area contributed by atoms with Crippen molar-refractivity contribution in [1.29, 1.82) is 0 Å². The Hall–Kier alpha value is -2.09. The third-order valence-electron chi connectivity index (χ3n) is 5.94. The minimum atomic E-state index is -3.73. The van der Waals surface area contributed by atoms with Crippen LogP contribution in [0.4, 0.5) is 0 Å². The van der Waals surface area contributed by atoms with Crippen molar-refractivity contribution in [2.24, 2.45) is 5.92 Å². The molecular weight excluding hydrogens is 424 g/mol. The molecular formula is C22H25ClN2O4S. The van der Waals surface area contributed by atoms with Gasteiger partial charge in [0, 0.05) is 26.2 Å². The molecule has 0 bridgehead atoms. The molecule has 30 heavy (non-hydrogen) atoms. The molecule has 2 aromatic carbocycles. The molecule has 0 aliphatic carbocycles. The van der Waals surface area contributed by atoms with E-state index in [0.717, 1.165) is 6.42 Å². The fourth-order valence-electron chi connectivity index (χ4n) is 4.26. The standard InChI is InChI=1S/C22H25ClN2O4S/c1-29-21-9-8-19(13-20(21)23)30(27,28)25-11-4-7-18(15-25)22(26)24-12-10-16-5-2-3-6-17(16)14-24/h2-3,5-6,8-9,13,18H,4,7,10-12,14-15H2,1H3/t18-/m0/s1. The van der Waals surface area contributed by atoms with E-state index in [4.69, 9.17) is 16.3 Å². The number of benzene rings is 2. The Balaban J connectivity index is 1.49. The number of ether oxygens (including phenoxy) is 1. The number of halogens is 1. The SMILES string of the molecule is COc1ccc(S(=O)(=O)N2CCC[C@H](C(=O)N3CCc4ccccc4C3)C2)cc1Cl. The van der Waals surface area contributed by atoms with E-state index in [1.807, 2.05) is 17.0 Å². The zero-order chi connectivity index (χ0) is 21.3. The number of nitrogens with zero attached hydrogens (tertiary/aromatic N) is 2. The average Bonchev–Trinajstić information content (AvgIpc) is 2.78. The summed E-state index contributed by atoms with van der Waals surface area (Å²) in [4.78, 5) is 15.2. The van der Waals surface area contributed by atoms with Crippen molar-refractivity contribution in [3.05, 3.63) is 58.6 Å². The first kappa shape index (κ1) is 21.2. The molecule has 8 heteroatoms. The number of hydrogen-bond acceptors (Lipinski definition) is 4. The molecule has 1 amide bonds. The summed E-state index contributed by atoms with van der Waals surface area (Å²) in [6, 6.07) is 12.6. The zero-order valence-electron chi connectivity index (χ0n) is 16.9. The third-order valence-corrected chi connectivity index (χ3v) is 8.09. The molecule has 0 unspecified atom stereocenters. The molecule has 2 aliphatic rings. The Morgan fingerprint density at radius 2 is 1.90 bits per heavy atom. The molecule has 1 fully saturated rings. The molecule has 2 aromatic rings. The van der Waals surface area contributed by atoms with E-state index in [9.17, 15) is 13.2 Å². The number of carbonyl (C=O) groups is 1. The topological polar surface area (TPSA) is 66.9 Å². The minimum Gasteiger partial charge on any atom is -0.495 e. The number of hydrogen-bond donors (Lipinski definition) is 0. The van der Waals surface area contributed by atoms with E-state index in [-0.39, 0.29) is 28.3 Å². The summed E-state index contributed by atoms with van der Waals surface area (Å²) in [7, 11) is -2.25. The maximum atomic E-state index is 13.2. The number of sulfonamides is 1. The number of fused-ring (bicyclic) bond motifs is 1. The molecule has 4 rings (SSSR count). The summed E-state index contributed by atoms with van der Waals surface area (Å²) in [6.45, 7) is 1.86. The Labute approximate surface area is 182 Å². The number of piperidine rings is 1. The largest absolute Gasteiger partial charge is 0.495 e. The van der Waals surface area contributed by atoms with Gasteiger partial charge in [0.2, 0.25) is 15.9 Å². The first-order valence-electron chi connectivity index (χ1n) is 10.1. The predicted octanol–water partition coefficient (Wildman–Crippen LogP) is 3.33. The summed E-state index contributed by atoms with van der Waals surface area (Å²) in [5.74, 6) is 0.136. The molecule has 0 radical (unpaired) electrons. The van der Waals surface area contributed by atoms with E-state index in [0.29, 0.717) is 38.2 Å². The van der Waals surface area contributed by atoms with Crippen LogP contribution in [0.5, 0.6) is 5.75 Å². The average molecular weight is 449 g/mol. The van der Waals surface area contributed by atoms with Crippen LogP contribution in [0.3, 0.4) is 0 Å². The Morgan fingerprint density at radius 3 is 2.63 bits per heavy atom. The fraction of sp³-hybridized carbons (Fsp3) is 0.409. The second-order valence-electron chi connectivity index (χ2n) is 7.78. The van der Waals surface area contributed by atoms with Gasteiger partial charge in [-0.15, -0.1) is 0 Å². The fourth-order valence-corrected chi connectivity index (χ4v) is 6.13. The van der Waals surface area contributed by atoms with E-state index >= 15 is 0 Å². The van der Waals surface area contributed by atoms with Gasteiger partial charge in [-0.3, -0.25) is 4.79 Å². The summed E-state index contributed by atoms with van der Waals surface area (Å²) in [5, 5.41) is 0.246. The lowest BCUT2D eigenvalue weighted by molar-refractivity contribution is -0.137. The van der Waals surface area contributed by atoms with Gasteiger partial charge in [-0.25, -0.2) is 8.42 Å². The number of carbonyl (C=O) groups excluding carboxylic acids is 1. The first-order valence-corrected chi connectivity index (χ1v) is 11.9. The number of rotatable bonds is 4. The second kappa shape index (κ2) is 8.57. The molecule has 1 atom stereocenters. The Kier molecular flexibility index (Phi) is 6.04. The maximum absolute atomic E-state index is 13.2. The predicted molar refractivity (Wildman–Crippen MR) is 115 cm³/mol. The number of amides is 1. The lowest BCUT2D eigenvalue weighted by Gasteiger charge is -2.36. The van der Waals surface area contributed by atoms with Crippen molar-refractivity contribution in [1.82, 2.24) is 9.21 Å². The molecule has 0 N–H and O–H groups in total. The Bertz CT molecular complexity index is 1060. The summed E-state index contributed by atoms with van der Waals surface area (Å²) < 4.78 is 32.8. The van der Waals surface area contributed by atoms with Crippen molar-refractivity contribution in [3.8, 4) is 5.75 Å². The highest BCUT2D eigenvalue weighted by Gasteiger charge is 2.36. The summed E-state index contributed by atoms with van der Waals surface area (Å²) >= 11 is 6.13. The molecule has 2 heterocycles. The van der Waals surface area contributed by atoms with Crippen LogP contribution in [0, 0.1) is 5.92 Å². The van der Waals surface area contributed by atoms with Crippen LogP contribution in [0.2, 0.25) is 5.02 Å². The van der Waals surface area contributed by atoms with E-state index in [1.54, 1.807) is 6.07 Å². The molecule has 2 aliphatic heterocycles. The monoisotopic (exact) mass is 448 g/mol. The van der Waals surface area contributed by atoms with Crippen molar-refractivity contribution >= 4 is 27.5 Å². The van der Waals surface area contributed by atoms with E-state index in [2.05, 4.69) is 12.1 Å². The van der Waals surface area contributed by atoms with Gasteiger partial charge in [0.15, 0.2) is 0 Å². The molecule has 0 spiro atoms. The molecule has 6 nitrogen and oxygen atoms in total. The first-order chi connectivity index (χ1) is 14.4. The smallest absolute Gasteiger partial charge is 0.243 e. The van der Waals surface area contributed by atoms with Gasteiger partial charge in [0.1, 0.15) is 5.75 Å². The van der Waals surface area contributed by atoms with Crippen LogP contribution in [-0.2, 0) is 27.8 Å². The number of methoxy groups -OCH3 is 1. The Morgan fingerprint density at radius 1 is 1.13 bits per heavy atom. The van der Waals surface area contributed by atoms with Crippen LogP contribution in [-0.4, -0.2) is 50.3 Å². The highest BCUT2D eigenvalue weighted by Crippen LogP contribution is 2.31. The lowest BCUT2D eigenvalue weighted by atomic mass is 9.95. The van der Waals surface area contributed by atoms with Gasteiger partial charge in [0.05, 0.1) is 22.9 Å². The quantitative estimate of drug-likeness (QED) is 0.719. The summed E-state index contributed by atoms with van der Waals surface area (Å²) in [6.07, 6.45) is 2.19.